The maximum absolute atomic E-state index is 11.8. The Morgan fingerprint density at radius 1 is 0.639 bits per heavy atom. The van der Waals surface area contributed by atoms with Crippen molar-refractivity contribution in [1.29, 1.82) is 0 Å². The third-order valence-electron chi connectivity index (χ3n) is 5.19. The summed E-state index contributed by atoms with van der Waals surface area (Å²) in [5, 5.41) is 48.5. The standard InChI is InChI=1S/C22H42N4O8S2/c1-21(2,13-27)17(31)19(33)25-7-5-15(29)23-9-11-35-36-12-10-24-16(30)6-8-26-20(34)18(32)22(3,4)14-28/h17-18,27-28,31-32H,5-14H2,1-4H3,(H,23,29)(H,24,30)(H,25,33)(H,26,34)/t17-,18-/m0/s1/i23+1,24+1. The van der Waals surface area contributed by atoms with Gasteiger partial charge < -0.3 is 41.7 Å². The zero-order valence-corrected chi connectivity index (χ0v) is 23.1. The molecule has 8 N–H and O–H groups in total. The molecule has 0 bridgehead atoms. The van der Waals surface area contributed by atoms with E-state index in [1.54, 1.807) is 27.7 Å². The van der Waals surface area contributed by atoms with Crippen LogP contribution in [0.25, 0.3) is 0 Å². The summed E-state index contributed by atoms with van der Waals surface area (Å²) in [5.74, 6) is -0.428. The number of aliphatic hydroxyl groups is 4. The summed E-state index contributed by atoms with van der Waals surface area (Å²) >= 11 is 0. The van der Waals surface area contributed by atoms with Gasteiger partial charge in [-0.3, -0.25) is 19.2 Å². The number of rotatable bonds is 19. The number of hydrogen-bond acceptors (Lipinski definition) is 10. The van der Waals surface area contributed by atoms with E-state index in [9.17, 15) is 39.6 Å². The van der Waals surface area contributed by atoms with Gasteiger partial charge in [0.2, 0.25) is 23.6 Å². The Balaban J connectivity index is 3.74. The Morgan fingerprint density at radius 2 is 0.972 bits per heavy atom. The van der Waals surface area contributed by atoms with Crippen molar-refractivity contribution in [2.24, 2.45) is 10.8 Å². The minimum Gasteiger partial charge on any atom is -0.396 e. The fourth-order valence-corrected chi connectivity index (χ4v) is 4.25. The first-order valence-electron chi connectivity index (χ1n) is 11.7. The van der Waals surface area contributed by atoms with E-state index in [2.05, 4.69) is 21.3 Å². The van der Waals surface area contributed by atoms with Crippen LogP contribution in [0.5, 0.6) is 0 Å². The molecule has 0 spiro atoms. The SMILES string of the molecule is CC(C)(CO)[C@@H](O)C(=O)NCCC(=O)[15NH]CCSSCC[15NH]C(=O)CCNC(=O)[C@H](O)C(C)(C)CO. The number of aliphatic hydroxyl groups excluding tert-OH is 4. The molecule has 0 radical (unpaired) electrons. The van der Waals surface area contributed by atoms with Gasteiger partial charge in [0.05, 0.1) is 13.2 Å². The van der Waals surface area contributed by atoms with Crippen LogP contribution in [0, 0.1) is 10.8 Å². The van der Waals surface area contributed by atoms with Crippen LogP contribution in [-0.4, -0.2) is 107 Å². The lowest BCUT2D eigenvalue weighted by atomic mass is 9.87. The van der Waals surface area contributed by atoms with Crippen molar-refractivity contribution in [1.82, 2.24) is 21.3 Å². The maximum Gasteiger partial charge on any atom is 0.249 e. The van der Waals surface area contributed by atoms with Crippen molar-refractivity contribution < 1.29 is 39.6 Å². The van der Waals surface area contributed by atoms with Crippen molar-refractivity contribution in [3.8, 4) is 0 Å². The normalized spacial score (nSPS) is 13.4. The lowest BCUT2D eigenvalue weighted by molar-refractivity contribution is -0.137. The molecule has 14 heteroatoms. The molecule has 0 unspecified atom stereocenters. The Bertz CT molecular complexity index is 652. The fourth-order valence-electron chi connectivity index (χ4n) is 2.43. The summed E-state index contributed by atoms with van der Waals surface area (Å²) in [6.07, 6.45) is -2.59. The van der Waals surface area contributed by atoms with Crippen LogP contribution >= 0.6 is 21.6 Å². The molecule has 2 atom stereocenters. The van der Waals surface area contributed by atoms with E-state index in [1.165, 1.54) is 21.6 Å². The van der Waals surface area contributed by atoms with Crippen molar-refractivity contribution in [2.45, 2.75) is 52.7 Å². The second-order valence-corrected chi connectivity index (χ2v) is 12.2. The second-order valence-electron chi connectivity index (χ2n) is 9.52. The molecule has 0 saturated carbocycles. The van der Waals surface area contributed by atoms with Crippen molar-refractivity contribution >= 4 is 45.2 Å². The van der Waals surface area contributed by atoms with Crippen molar-refractivity contribution in [3.05, 3.63) is 0 Å². The third-order valence-corrected chi connectivity index (χ3v) is 7.60. The van der Waals surface area contributed by atoms with Crippen molar-refractivity contribution in [2.75, 3.05) is 50.9 Å². The monoisotopic (exact) mass is 556 g/mol. The molecule has 0 heterocycles. The highest BCUT2D eigenvalue weighted by Crippen LogP contribution is 2.20. The second kappa shape index (κ2) is 17.8. The highest BCUT2D eigenvalue weighted by Gasteiger charge is 2.33. The number of nitrogens with one attached hydrogen (secondary N) is 4. The Morgan fingerprint density at radius 3 is 1.28 bits per heavy atom. The van der Waals surface area contributed by atoms with Crippen LogP contribution < -0.4 is 21.3 Å². The molecule has 36 heavy (non-hydrogen) atoms. The predicted octanol–water partition coefficient (Wildman–Crippen LogP) is -1.63. The molecule has 4 amide bonds. The van der Waals surface area contributed by atoms with Crippen LogP contribution in [0.3, 0.4) is 0 Å². The van der Waals surface area contributed by atoms with Gasteiger partial charge in [-0.15, -0.1) is 0 Å². The third kappa shape index (κ3) is 14.2. The van der Waals surface area contributed by atoms with Crippen LogP contribution in [0.4, 0.5) is 0 Å². The van der Waals surface area contributed by atoms with E-state index in [-0.39, 0.29) is 51.0 Å². The summed E-state index contributed by atoms with van der Waals surface area (Å²) in [5.41, 5.74) is -1.94. The minimum absolute atomic E-state index is 0.0699. The van der Waals surface area contributed by atoms with E-state index in [0.29, 0.717) is 24.6 Å². The molecule has 0 aliphatic rings. The first-order valence-corrected chi connectivity index (χ1v) is 14.2. The zero-order chi connectivity index (χ0) is 27.8. The molecule has 0 aromatic rings. The highest BCUT2D eigenvalue weighted by molar-refractivity contribution is 8.76. The quantitative estimate of drug-likeness (QED) is 0.0519. The van der Waals surface area contributed by atoms with Gasteiger partial charge in [0.1, 0.15) is 12.2 Å². The zero-order valence-electron chi connectivity index (χ0n) is 21.5. The highest BCUT2D eigenvalue weighted by atomic mass is 33.1. The molecule has 0 aliphatic carbocycles. The number of carbonyl (C=O) groups is 4. The van der Waals surface area contributed by atoms with Crippen LogP contribution in [0.15, 0.2) is 0 Å². The summed E-state index contributed by atoms with van der Waals surface area (Å²) in [7, 11) is 3.07. The van der Waals surface area contributed by atoms with E-state index in [1.807, 2.05) is 0 Å². The first kappa shape index (κ1) is 34.4. The summed E-state index contributed by atoms with van der Waals surface area (Å²) in [6.45, 7) is 6.59. The topological polar surface area (TPSA) is 197 Å². The summed E-state index contributed by atoms with van der Waals surface area (Å²) < 4.78 is 0. The van der Waals surface area contributed by atoms with E-state index >= 15 is 0 Å². The van der Waals surface area contributed by atoms with Gasteiger partial charge in [-0.05, 0) is 0 Å². The average molecular weight is 557 g/mol. The van der Waals surface area contributed by atoms with Gasteiger partial charge in [-0.25, -0.2) is 0 Å². The first-order chi connectivity index (χ1) is 16.8. The molecule has 0 saturated heterocycles. The molecular weight excluding hydrogens is 514 g/mol. The lowest BCUT2D eigenvalue weighted by Crippen LogP contribution is -2.46. The van der Waals surface area contributed by atoms with Crippen LogP contribution in [-0.2, 0) is 19.2 Å². The smallest absolute Gasteiger partial charge is 0.249 e. The number of amides is 4. The number of carbonyl (C=O) groups excluding carboxylic acids is 4. The van der Waals surface area contributed by atoms with Crippen molar-refractivity contribution in [3.63, 3.8) is 0 Å². The Hall–Kier alpha value is -1.58. The molecule has 210 valence electrons. The van der Waals surface area contributed by atoms with E-state index < -0.39 is 34.9 Å². The molecule has 12 nitrogen and oxygen atoms in total. The molecule has 0 rings (SSSR count). The molecular formula is C22H42N4O8S2. The lowest BCUT2D eigenvalue weighted by Gasteiger charge is -2.27. The average Bonchev–Trinajstić information content (AvgIpc) is 2.84. The molecule has 0 aromatic heterocycles. The van der Waals surface area contributed by atoms with Gasteiger partial charge in [0.15, 0.2) is 0 Å². The Kier molecular flexibility index (Phi) is 17.0. The molecule has 0 aromatic carbocycles. The predicted molar refractivity (Wildman–Crippen MR) is 140 cm³/mol. The van der Waals surface area contributed by atoms with E-state index in [4.69, 9.17) is 0 Å². The van der Waals surface area contributed by atoms with Gasteiger partial charge in [-0.1, -0.05) is 49.3 Å². The van der Waals surface area contributed by atoms with E-state index in [0.717, 1.165) is 0 Å². The largest absolute Gasteiger partial charge is 0.396 e. The van der Waals surface area contributed by atoms with Gasteiger partial charge in [-0.2, -0.15) is 0 Å². The van der Waals surface area contributed by atoms with Crippen LogP contribution in [0.1, 0.15) is 40.5 Å². The summed E-state index contributed by atoms with van der Waals surface area (Å²) in [4.78, 5) is 47.3. The minimum atomic E-state index is -1.37. The maximum atomic E-state index is 11.8. The molecule has 0 fully saturated rings. The van der Waals surface area contributed by atoms with Crippen LogP contribution in [0.2, 0.25) is 0 Å². The van der Waals surface area contributed by atoms with Gasteiger partial charge in [0.25, 0.3) is 0 Å². The Labute approximate surface area is 220 Å². The summed E-state index contributed by atoms with van der Waals surface area (Å²) in [6, 6.07) is 0. The van der Waals surface area contributed by atoms with Gasteiger partial charge >= 0.3 is 0 Å². The number of hydrogen-bond donors (Lipinski definition) is 8. The molecule has 0 aliphatic heterocycles. The van der Waals surface area contributed by atoms with Gasteiger partial charge in [0, 0.05) is 61.4 Å². The fraction of sp³-hybridized carbons (Fsp3) is 0.818.